The standard InChI is InChI=1S/C31H34N10/c32-15-12-28(22-5-1-2-6-22)41-20-24(19-36-41)27-13-17-35-31(39-27)38-25-10-8-23(9-11-25)30(33)37-26-14-18-40(21-26)29-7-3-4-16-34-29/h3-4,7-11,13,16-17,19-20,22,26,28H,1-2,5-6,12,14,18,21H2,(H2,33,37)(H,35,38,39). The van der Waals surface area contributed by atoms with Gasteiger partial charge in [-0.2, -0.15) is 10.4 Å². The molecule has 1 aromatic carbocycles. The van der Waals surface area contributed by atoms with Crippen molar-refractivity contribution in [1.82, 2.24) is 24.7 Å². The van der Waals surface area contributed by atoms with Gasteiger partial charge in [0.25, 0.3) is 0 Å². The molecule has 2 atom stereocenters. The molecule has 10 nitrogen and oxygen atoms in total. The van der Waals surface area contributed by atoms with E-state index >= 15 is 0 Å². The monoisotopic (exact) mass is 546 g/mol. The van der Waals surface area contributed by atoms with Gasteiger partial charge in [-0.1, -0.05) is 18.9 Å². The molecule has 4 aromatic rings. The number of aromatic nitrogens is 5. The number of hydrogen-bond donors (Lipinski definition) is 2. The molecular formula is C31H34N10. The zero-order valence-corrected chi connectivity index (χ0v) is 23.0. The highest BCUT2D eigenvalue weighted by Gasteiger charge is 2.27. The Morgan fingerprint density at radius 2 is 1.93 bits per heavy atom. The third-order valence-electron chi connectivity index (χ3n) is 8.03. The minimum absolute atomic E-state index is 0.110. The maximum Gasteiger partial charge on any atom is 0.227 e. The fraction of sp³-hybridized carbons (Fsp3) is 0.355. The first-order valence-corrected chi connectivity index (χ1v) is 14.3. The predicted octanol–water partition coefficient (Wildman–Crippen LogP) is 5.11. The van der Waals surface area contributed by atoms with Crippen molar-refractivity contribution in [1.29, 1.82) is 5.26 Å². The maximum absolute atomic E-state index is 9.38. The van der Waals surface area contributed by atoms with Crippen molar-refractivity contribution in [2.75, 3.05) is 23.3 Å². The van der Waals surface area contributed by atoms with Gasteiger partial charge < -0.3 is 16.0 Å². The largest absolute Gasteiger partial charge is 0.383 e. The zero-order valence-electron chi connectivity index (χ0n) is 23.0. The molecule has 1 saturated heterocycles. The van der Waals surface area contributed by atoms with E-state index in [0.29, 0.717) is 24.1 Å². The van der Waals surface area contributed by atoms with Gasteiger partial charge in [0.1, 0.15) is 11.7 Å². The van der Waals surface area contributed by atoms with E-state index in [-0.39, 0.29) is 12.1 Å². The Hall–Kier alpha value is -4.78. The number of nitriles is 1. The Bertz CT molecular complexity index is 1520. The van der Waals surface area contributed by atoms with E-state index < -0.39 is 0 Å². The molecular weight excluding hydrogens is 512 g/mol. The fourth-order valence-corrected chi connectivity index (χ4v) is 5.86. The highest BCUT2D eigenvalue weighted by atomic mass is 15.3. The van der Waals surface area contributed by atoms with Gasteiger partial charge in [0.2, 0.25) is 5.95 Å². The van der Waals surface area contributed by atoms with E-state index in [9.17, 15) is 5.26 Å². The Morgan fingerprint density at radius 1 is 1.07 bits per heavy atom. The van der Waals surface area contributed by atoms with Gasteiger partial charge >= 0.3 is 0 Å². The van der Waals surface area contributed by atoms with Gasteiger partial charge in [-0.3, -0.25) is 9.67 Å². The van der Waals surface area contributed by atoms with Crippen molar-refractivity contribution in [2.45, 2.75) is 50.6 Å². The van der Waals surface area contributed by atoms with Crippen LogP contribution in [-0.4, -0.2) is 49.7 Å². The Balaban J connectivity index is 1.10. The SMILES string of the molecule is N#CCC(C1CCCC1)n1cc(-c2ccnc(Nc3ccc(C(N)=NC4CCN(c5ccccn5)C4)cc3)n2)cn1. The van der Waals surface area contributed by atoms with E-state index in [4.69, 9.17) is 15.7 Å². The average molecular weight is 547 g/mol. The minimum atomic E-state index is 0.110. The maximum atomic E-state index is 9.38. The molecule has 1 saturated carbocycles. The molecule has 4 heterocycles. The van der Waals surface area contributed by atoms with Crippen LogP contribution in [0.5, 0.6) is 0 Å². The number of nitrogens with two attached hydrogens (primary N) is 1. The van der Waals surface area contributed by atoms with Crippen LogP contribution in [0.2, 0.25) is 0 Å². The van der Waals surface area contributed by atoms with Gasteiger partial charge in [0, 0.05) is 48.5 Å². The summed E-state index contributed by atoms with van der Waals surface area (Å²) in [6.45, 7) is 1.73. The van der Waals surface area contributed by atoms with E-state index in [2.05, 4.69) is 31.4 Å². The number of nitrogens with zero attached hydrogens (tertiary/aromatic N) is 8. The van der Waals surface area contributed by atoms with Gasteiger partial charge in [0.15, 0.2) is 0 Å². The first kappa shape index (κ1) is 26.4. The molecule has 0 spiro atoms. The number of aliphatic imine (C=N–C) groups is 1. The van der Waals surface area contributed by atoms with E-state index in [1.807, 2.05) is 71.8 Å². The summed E-state index contributed by atoms with van der Waals surface area (Å²) in [4.78, 5) is 20.6. The highest BCUT2D eigenvalue weighted by Crippen LogP contribution is 2.36. The van der Waals surface area contributed by atoms with Crippen LogP contribution in [0.25, 0.3) is 11.3 Å². The second-order valence-electron chi connectivity index (χ2n) is 10.7. The summed E-state index contributed by atoms with van der Waals surface area (Å²) in [5, 5.41) is 17.3. The number of hydrogen-bond acceptors (Lipinski definition) is 8. The summed E-state index contributed by atoms with van der Waals surface area (Å²) < 4.78 is 1.95. The molecule has 2 aliphatic rings. The molecule has 3 N–H and O–H groups in total. The Labute approximate surface area is 240 Å². The van der Waals surface area contributed by atoms with Crippen LogP contribution in [0.4, 0.5) is 17.5 Å². The number of nitrogens with one attached hydrogen (secondary N) is 1. The second kappa shape index (κ2) is 12.2. The average Bonchev–Trinajstić information content (AvgIpc) is 3.80. The fourth-order valence-electron chi connectivity index (χ4n) is 5.86. The minimum Gasteiger partial charge on any atom is -0.383 e. The van der Waals surface area contributed by atoms with Crippen LogP contribution in [0, 0.1) is 17.2 Å². The van der Waals surface area contributed by atoms with Gasteiger partial charge in [-0.15, -0.1) is 0 Å². The lowest BCUT2D eigenvalue weighted by Gasteiger charge is -2.21. The number of rotatable bonds is 9. The Kier molecular flexibility index (Phi) is 7.85. The summed E-state index contributed by atoms with van der Waals surface area (Å²) in [7, 11) is 0. The van der Waals surface area contributed by atoms with Crippen molar-refractivity contribution in [3.8, 4) is 17.3 Å². The molecule has 41 heavy (non-hydrogen) atoms. The molecule has 0 amide bonds. The quantitative estimate of drug-likeness (QED) is 0.219. The summed E-state index contributed by atoms with van der Waals surface area (Å²) in [5.41, 5.74) is 9.79. The molecule has 6 rings (SSSR count). The Morgan fingerprint density at radius 3 is 2.71 bits per heavy atom. The molecule has 1 aliphatic carbocycles. The van der Waals surface area contributed by atoms with Gasteiger partial charge in [0.05, 0.1) is 36.5 Å². The lowest BCUT2D eigenvalue weighted by Crippen LogP contribution is -2.23. The van der Waals surface area contributed by atoms with E-state index in [1.54, 1.807) is 6.20 Å². The number of pyridine rings is 1. The van der Waals surface area contributed by atoms with Gasteiger partial charge in [-0.05, 0) is 67.6 Å². The summed E-state index contributed by atoms with van der Waals surface area (Å²) in [5.74, 6) is 2.51. The van der Waals surface area contributed by atoms with Crippen molar-refractivity contribution in [2.24, 2.45) is 16.6 Å². The summed E-state index contributed by atoms with van der Waals surface area (Å²) in [6.07, 6.45) is 13.6. The lowest BCUT2D eigenvalue weighted by atomic mass is 9.96. The molecule has 3 aromatic heterocycles. The third-order valence-corrected chi connectivity index (χ3v) is 8.03. The molecule has 10 heteroatoms. The van der Waals surface area contributed by atoms with Crippen molar-refractivity contribution in [3.05, 3.63) is 78.9 Å². The normalized spacial score (nSPS) is 18.4. The predicted molar refractivity (Wildman–Crippen MR) is 160 cm³/mol. The molecule has 2 fully saturated rings. The first-order chi connectivity index (χ1) is 20.2. The summed E-state index contributed by atoms with van der Waals surface area (Å²) >= 11 is 0. The molecule has 0 radical (unpaired) electrons. The van der Waals surface area contributed by atoms with Crippen LogP contribution in [0.3, 0.4) is 0 Å². The number of benzene rings is 1. The second-order valence-corrected chi connectivity index (χ2v) is 10.7. The van der Waals surface area contributed by atoms with Crippen molar-refractivity contribution in [3.63, 3.8) is 0 Å². The molecule has 208 valence electrons. The van der Waals surface area contributed by atoms with Gasteiger partial charge in [-0.25, -0.2) is 15.0 Å². The topological polar surface area (TPSA) is 134 Å². The summed E-state index contributed by atoms with van der Waals surface area (Å²) in [6, 6.07) is 18.2. The van der Waals surface area contributed by atoms with Crippen molar-refractivity contribution >= 4 is 23.3 Å². The highest BCUT2D eigenvalue weighted by molar-refractivity contribution is 5.98. The first-order valence-electron chi connectivity index (χ1n) is 14.3. The molecule has 0 bridgehead atoms. The van der Waals surface area contributed by atoms with E-state index in [0.717, 1.165) is 60.7 Å². The third kappa shape index (κ3) is 6.19. The zero-order chi connectivity index (χ0) is 28.0. The molecule has 2 unspecified atom stereocenters. The van der Waals surface area contributed by atoms with Crippen LogP contribution in [0.1, 0.15) is 50.1 Å². The van der Waals surface area contributed by atoms with Crippen LogP contribution < -0.4 is 16.0 Å². The lowest BCUT2D eigenvalue weighted by molar-refractivity contribution is 0.315. The van der Waals surface area contributed by atoms with Crippen LogP contribution >= 0.6 is 0 Å². The smallest absolute Gasteiger partial charge is 0.227 e. The number of anilines is 3. The molecule has 1 aliphatic heterocycles. The van der Waals surface area contributed by atoms with Crippen LogP contribution in [0.15, 0.2) is 78.3 Å². The number of amidine groups is 1. The van der Waals surface area contributed by atoms with E-state index in [1.165, 1.54) is 12.8 Å². The van der Waals surface area contributed by atoms with Crippen molar-refractivity contribution < 1.29 is 0 Å². The van der Waals surface area contributed by atoms with Crippen LogP contribution in [-0.2, 0) is 0 Å².